The quantitative estimate of drug-likeness (QED) is 0.796. The summed E-state index contributed by atoms with van der Waals surface area (Å²) >= 11 is 3.58. The second-order valence-electron chi connectivity index (χ2n) is 6.01. The number of fused-ring (bicyclic) bond motifs is 3. The molecule has 1 aromatic carbocycles. The van der Waals surface area contributed by atoms with Gasteiger partial charge in [0.25, 0.3) is 0 Å². The normalized spacial score (nSPS) is 19.4. The molecule has 0 fully saturated rings. The van der Waals surface area contributed by atoms with Crippen LogP contribution < -0.4 is 0 Å². The summed E-state index contributed by atoms with van der Waals surface area (Å²) in [5.41, 5.74) is 4.35. The first-order chi connectivity index (χ1) is 8.63. The molecule has 0 radical (unpaired) electrons. The van der Waals surface area contributed by atoms with Gasteiger partial charge in [0, 0.05) is 21.1 Å². The zero-order valence-corrected chi connectivity index (χ0v) is 12.7. The van der Waals surface area contributed by atoms with Crippen molar-refractivity contribution in [1.82, 2.24) is 4.98 Å². The Bertz CT molecular complexity index is 568. The number of aromatic nitrogens is 1. The lowest BCUT2D eigenvalue weighted by Gasteiger charge is -2.23. The van der Waals surface area contributed by atoms with E-state index in [0.29, 0.717) is 0 Å². The maximum Gasteiger partial charge on any atom is 0.0459 e. The maximum absolute atomic E-state index is 3.63. The van der Waals surface area contributed by atoms with Crippen LogP contribution in [0.15, 0.2) is 22.7 Å². The molecule has 96 valence electrons. The minimum absolute atomic E-state index is 0.815. The van der Waals surface area contributed by atoms with Crippen LogP contribution in [0.2, 0.25) is 0 Å². The fraction of sp³-hybridized carbons (Fsp3) is 0.500. The monoisotopic (exact) mass is 305 g/mol. The lowest BCUT2D eigenvalue weighted by Crippen LogP contribution is -2.15. The summed E-state index contributed by atoms with van der Waals surface area (Å²) in [6.45, 7) is 4.66. The highest BCUT2D eigenvalue weighted by Crippen LogP contribution is 2.34. The van der Waals surface area contributed by atoms with E-state index in [9.17, 15) is 0 Å². The number of aryl methyl sites for hydroxylation is 1. The molecular weight excluding hydrogens is 286 g/mol. The number of hydrogen-bond acceptors (Lipinski definition) is 0. The molecule has 0 saturated heterocycles. The minimum Gasteiger partial charge on any atom is -0.358 e. The van der Waals surface area contributed by atoms with E-state index in [1.165, 1.54) is 46.8 Å². The van der Waals surface area contributed by atoms with Crippen molar-refractivity contribution in [3.8, 4) is 0 Å². The van der Waals surface area contributed by atoms with E-state index in [1.54, 1.807) is 5.56 Å². The van der Waals surface area contributed by atoms with E-state index < -0.39 is 0 Å². The highest BCUT2D eigenvalue weighted by atomic mass is 79.9. The molecule has 1 heterocycles. The van der Waals surface area contributed by atoms with Gasteiger partial charge in [-0.3, -0.25) is 0 Å². The van der Waals surface area contributed by atoms with Crippen LogP contribution >= 0.6 is 15.9 Å². The van der Waals surface area contributed by atoms with E-state index in [-0.39, 0.29) is 0 Å². The SMILES string of the molecule is CC(C)CC1CCc2c([nH]c3ccc(Br)cc23)C1. The van der Waals surface area contributed by atoms with E-state index >= 15 is 0 Å². The first-order valence-electron chi connectivity index (χ1n) is 6.92. The van der Waals surface area contributed by atoms with E-state index in [0.717, 1.165) is 11.8 Å². The van der Waals surface area contributed by atoms with Crippen LogP contribution in [0.4, 0.5) is 0 Å². The number of hydrogen-bond donors (Lipinski definition) is 1. The smallest absolute Gasteiger partial charge is 0.0459 e. The van der Waals surface area contributed by atoms with Gasteiger partial charge >= 0.3 is 0 Å². The zero-order valence-electron chi connectivity index (χ0n) is 11.1. The van der Waals surface area contributed by atoms with Crippen LogP contribution in [0.25, 0.3) is 10.9 Å². The zero-order chi connectivity index (χ0) is 12.7. The first kappa shape index (κ1) is 12.3. The Morgan fingerprint density at radius 3 is 3.00 bits per heavy atom. The Balaban J connectivity index is 1.95. The molecule has 1 unspecified atom stereocenters. The van der Waals surface area contributed by atoms with Gasteiger partial charge in [-0.1, -0.05) is 29.8 Å². The molecule has 0 bridgehead atoms. The molecule has 1 nitrogen and oxygen atoms in total. The summed E-state index contributed by atoms with van der Waals surface area (Å²) < 4.78 is 1.18. The third-order valence-corrected chi connectivity index (χ3v) is 4.55. The molecule has 2 aromatic rings. The summed E-state index contributed by atoms with van der Waals surface area (Å²) in [5, 5.41) is 1.42. The van der Waals surface area contributed by atoms with Crippen molar-refractivity contribution >= 4 is 26.8 Å². The van der Waals surface area contributed by atoms with Crippen LogP contribution in [-0.2, 0) is 12.8 Å². The van der Waals surface area contributed by atoms with Crippen LogP contribution in [0.5, 0.6) is 0 Å². The fourth-order valence-corrected chi connectivity index (χ4v) is 3.70. The average Bonchev–Trinajstić information content (AvgIpc) is 2.65. The number of aromatic amines is 1. The summed E-state index contributed by atoms with van der Waals surface area (Å²) in [4.78, 5) is 3.63. The molecule has 0 amide bonds. The third-order valence-electron chi connectivity index (χ3n) is 4.06. The van der Waals surface area contributed by atoms with Gasteiger partial charge in [0.15, 0.2) is 0 Å². The molecule has 2 heteroatoms. The third kappa shape index (κ3) is 2.23. The first-order valence-corrected chi connectivity index (χ1v) is 7.71. The Hall–Kier alpha value is -0.760. The van der Waals surface area contributed by atoms with Crippen LogP contribution in [0.3, 0.4) is 0 Å². The van der Waals surface area contributed by atoms with Gasteiger partial charge in [0.2, 0.25) is 0 Å². The number of H-pyrrole nitrogens is 1. The molecule has 18 heavy (non-hydrogen) atoms. The van der Waals surface area contributed by atoms with E-state index in [2.05, 4.69) is 53.0 Å². The number of benzene rings is 1. The van der Waals surface area contributed by atoms with Gasteiger partial charge < -0.3 is 4.98 Å². The van der Waals surface area contributed by atoms with E-state index in [4.69, 9.17) is 0 Å². The maximum atomic E-state index is 3.63. The largest absolute Gasteiger partial charge is 0.358 e. The van der Waals surface area contributed by atoms with Gasteiger partial charge in [0.1, 0.15) is 0 Å². The molecule has 1 atom stereocenters. The molecule has 0 aliphatic heterocycles. The molecule has 1 aliphatic carbocycles. The second kappa shape index (κ2) is 4.73. The van der Waals surface area contributed by atoms with Crippen molar-refractivity contribution in [2.75, 3.05) is 0 Å². The van der Waals surface area contributed by atoms with Crippen LogP contribution in [0, 0.1) is 11.8 Å². The highest BCUT2D eigenvalue weighted by Gasteiger charge is 2.22. The topological polar surface area (TPSA) is 15.8 Å². The van der Waals surface area contributed by atoms with Gasteiger partial charge in [-0.25, -0.2) is 0 Å². The van der Waals surface area contributed by atoms with Gasteiger partial charge in [0.05, 0.1) is 0 Å². The number of halogens is 1. The summed E-state index contributed by atoms with van der Waals surface area (Å²) in [6, 6.07) is 6.57. The van der Waals surface area contributed by atoms with Crippen molar-refractivity contribution in [3.05, 3.63) is 33.9 Å². The predicted octanol–water partition coefficient (Wildman–Crippen LogP) is 5.08. The Morgan fingerprint density at radius 2 is 2.22 bits per heavy atom. The second-order valence-corrected chi connectivity index (χ2v) is 6.93. The summed E-state index contributed by atoms with van der Waals surface area (Å²) in [7, 11) is 0. The Kier molecular flexibility index (Phi) is 3.23. The molecule has 0 spiro atoms. The van der Waals surface area contributed by atoms with Crippen molar-refractivity contribution in [3.63, 3.8) is 0 Å². The highest BCUT2D eigenvalue weighted by molar-refractivity contribution is 9.10. The molecule has 0 saturated carbocycles. The van der Waals surface area contributed by atoms with Crippen molar-refractivity contribution in [2.24, 2.45) is 11.8 Å². The molecule has 1 aromatic heterocycles. The average molecular weight is 306 g/mol. The number of nitrogens with one attached hydrogen (secondary N) is 1. The fourth-order valence-electron chi connectivity index (χ4n) is 3.34. The van der Waals surface area contributed by atoms with Crippen LogP contribution in [0.1, 0.15) is 37.9 Å². The summed E-state index contributed by atoms with van der Waals surface area (Å²) in [5.74, 6) is 1.68. The Labute approximate surface area is 117 Å². The Morgan fingerprint density at radius 1 is 1.39 bits per heavy atom. The van der Waals surface area contributed by atoms with Crippen molar-refractivity contribution in [1.29, 1.82) is 0 Å². The van der Waals surface area contributed by atoms with Gasteiger partial charge in [-0.2, -0.15) is 0 Å². The molecule has 3 rings (SSSR count). The summed E-state index contributed by atoms with van der Waals surface area (Å²) in [6.07, 6.45) is 5.19. The van der Waals surface area contributed by atoms with Crippen LogP contribution in [-0.4, -0.2) is 4.98 Å². The lowest BCUT2D eigenvalue weighted by molar-refractivity contribution is 0.368. The van der Waals surface area contributed by atoms with Gasteiger partial charge in [-0.05, 0) is 61.3 Å². The van der Waals surface area contributed by atoms with E-state index in [1.807, 2.05) is 0 Å². The van der Waals surface area contributed by atoms with Gasteiger partial charge in [-0.15, -0.1) is 0 Å². The van der Waals surface area contributed by atoms with Crippen molar-refractivity contribution in [2.45, 2.75) is 39.5 Å². The standard InChI is InChI=1S/C16H20BrN/c1-10(2)7-11-3-5-13-14-9-12(17)4-6-15(14)18-16(13)8-11/h4,6,9-11,18H,3,5,7-8H2,1-2H3. The van der Waals surface area contributed by atoms with Crippen molar-refractivity contribution < 1.29 is 0 Å². The number of rotatable bonds is 2. The molecular formula is C16H20BrN. The molecule has 1 N–H and O–H groups in total. The predicted molar refractivity (Wildman–Crippen MR) is 81.0 cm³/mol. The lowest BCUT2D eigenvalue weighted by atomic mass is 9.82. The minimum atomic E-state index is 0.815. The molecule has 1 aliphatic rings.